The standard InChI is InChI=1S/C22H35N5/c1-4-23-22(26-14-18-8-7-13-27(16-18)17(2)3)24-12-11-19-15-25-21-10-6-5-9-20(19)21/h5-6,9-10,15,17-18,25H,4,7-8,11-14,16H2,1-3H3,(H2,23,24,26). The van der Waals surface area contributed by atoms with Crippen molar-refractivity contribution in [2.75, 3.05) is 32.7 Å². The molecule has 1 aromatic heterocycles. The highest BCUT2D eigenvalue weighted by atomic mass is 15.2. The Morgan fingerprint density at radius 3 is 2.96 bits per heavy atom. The smallest absolute Gasteiger partial charge is 0.191 e. The number of piperidine rings is 1. The van der Waals surface area contributed by atoms with Crippen LogP contribution in [0.3, 0.4) is 0 Å². The van der Waals surface area contributed by atoms with E-state index < -0.39 is 0 Å². The van der Waals surface area contributed by atoms with Gasteiger partial charge in [0.15, 0.2) is 5.96 Å². The highest BCUT2D eigenvalue weighted by Gasteiger charge is 2.21. The fraction of sp³-hybridized carbons (Fsp3) is 0.591. The van der Waals surface area contributed by atoms with Gasteiger partial charge in [0.25, 0.3) is 0 Å². The maximum atomic E-state index is 4.87. The minimum atomic E-state index is 0.638. The van der Waals surface area contributed by atoms with Crippen molar-refractivity contribution in [2.24, 2.45) is 10.9 Å². The van der Waals surface area contributed by atoms with Gasteiger partial charge < -0.3 is 20.5 Å². The van der Waals surface area contributed by atoms with Crippen LogP contribution in [0.25, 0.3) is 10.9 Å². The third-order valence-electron chi connectivity index (χ3n) is 5.49. The Hall–Kier alpha value is -2.01. The van der Waals surface area contributed by atoms with E-state index in [0.717, 1.165) is 32.0 Å². The maximum Gasteiger partial charge on any atom is 0.191 e. The lowest BCUT2D eigenvalue weighted by Gasteiger charge is -2.34. The quantitative estimate of drug-likeness (QED) is 0.518. The summed E-state index contributed by atoms with van der Waals surface area (Å²) in [6.45, 7) is 11.8. The molecule has 5 heteroatoms. The number of H-pyrrole nitrogens is 1. The summed E-state index contributed by atoms with van der Waals surface area (Å²) in [7, 11) is 0. The van der Waals surface area contributed by atoms with Crippen LogP contribution >= 0.6 is 0 Å². The summed E-state index contributed by atoms with van der Waals surface area (Å²) < 4.78 is 0. The number of nitrogens with zero attached hydrogens (tertiary/aromatic N) is 2. The predicted octanol–water partition coefficient (Wildman–Crippen LogP) is 3.39. The monoisotopic (exact) mass is 369 g/mol. The first kappa shape index (κ1) is 19.7. The molecule has 0 saturated carbocycles. The Labute approximate surface area is 163 Å². The molecular formula is C22H35N5. The molecular weight excluding hydrogens is 334 g/mol. The maximum absolute atomic E-state index is 4.87. The van der Waals surface area contributed by atoms with Gasteiger partial charge in [0, 0.05) is 49.3 Å². The first-order chi connectivity index (χ1) is 13.2. The van der Waals surface area contributed by atoms with Crippen molar-refractivity contribution in [3.8, 4) is 0 Å². The molecule has 2 aromatic rings. The molecule has 0 spiro atoms. The fourth-order valence-corrected chi connectivity index (χ4v) is 3.93. The highest BCUT2D eigenvalue weighted by molar-refractivity contribution is 5.83. The summed E-state index contributed by atoms with van der Waals surface area (Å²) in [6.07, 6.45) is 5.70. The van der Waals surface area contributed by atoms with E-state index in [2.05, 4.69) is 71.8 Å². The second-order valence-electron chi connectivity index (χ2n) is 7.85. The lowest BCUT2D eigenvalue weighted by atomic mass is 9.97. The van der Waals surface area contributed by atoms with Gasteiger partial charge in [-0.15, -0.1) is 0 Å². The third kappa shape index (κ3) is 5.48. The Balaban J connectivity index is 1.51. The van der Waals surface area contributed by atoms with Gasteiger partial charge in [-0.2, -0.15) is 0 Å². The topological polar surface area (TPSA) is 55.5 Å². The number of likely N-dealkylation sites (tertiary alicyclic amines) is 1. The number of rotatable bonds is 7. The van der Waals surface area contributed by atoms with Crippen LogP contribution in [0.15, 0.2) is 35.5 Å². The van der Waals surface area contributed by atoms with Crippen LogP contribution in [0.2, 0.25) is 0 Å². The number of fused-ring (bicyclic) bond motifs is 1. The van der Waals surface area contributed by atoms with Crippen LogP contribution in [0.4, 0.5) is 0 Å². The van der Waals surface area contributed by atoms with Crippen LogP contribution in [0, 0.1) is 5.92 Å². The van der Waals surface area contributed by atoms with E-state index in [4.69, 9.17) is 4.99 Å². The summed E-state index contributed by atoms with van der Waals surface area (Å²) in [4.78, 5) is 10.8. The number of benzene rings is 1. The van der Waals surface area contributed by atoms with Gasteiger partial charge in [0.2, 0.25) is 0 Å². The van der Waals surface area contributed by atoms with Gasteiger partial charge in [-0.1, -0.05) is 18.2 Å². The first-order valence-electron chi connectivity index (χ1n) is 10.5. The Bertz CT molecular complexity index is 733. The SMILES string of the molecule is CCNC(=NCC1CCCN(C(C)C)C1)NCCc1c[nH]c2ccccc12. The van der Waals surface area contributed by atoms with Gasteiger partial charge in [0.05, 0.1) is 0 Å². The summed E-state index contributed by atoms with van der Waals surface area (Å²) in [5.74, 6) is 1.62. The zero-order chi connectivity index (χ0) is 19.1. The number of nitrogens with one attached hydrogen (secondary N) is 3. The van der Waals surface area contributed by atoms with Crippen molar-refractivity contribution in [3.63, 3.8) is 0 Å². The molecule has 0 aliphatic carbocycles. The molecule has 1 aliphatic rings. The molecule has 5 nitrogen and oxygen atoms in total. The van der Waals surface area contributed by atoms with Gasteiger partial charge in [-0.25, -0.2) is 0 Å². The molecule has 0 radical (unpaired) electrons. The first-order valence-corrected chi connectivity index (χ1v) is 10.5. The van der Waals surface area contributed by atoms with E-state index in [1.807, 2.05) is 0 Å². The van der Waals surface area contributed by atoms with E-state index in [0.29, 0.717) is 12.0 Å². The van der Waals surface area contributed by atoms with Crippen molar-refractivity contribution in [1.29, 1.82) is 0 Å². The molecule has 0 amide bonds. The molecule has 2 heterocycles. The number of aliphatic imine (C=N–C) groups is 1. The molecule has 1 aromatic carbocycles. The molecule has 1 fully saturated rings. The number of aromatic nitrogens is 1. The van der Waals surface area contributed by atoms with Crippen LogP contribution < -0.4 is 10.6 Å². The van der Waals surface area contributed by atoms with Gasteiger partial charge >= 0.3 is 0 Å². The lowest BCUT2D eigenvalue weighted by molar-refractivity contribution is 0.143. The molecule has 1 unspecified atom stereocenters. The second kappa shape index (κ2) is 9.79. The number of hydrogen-bond donors (Lipinski definition) is 3. The minimum Gasteiger partial charge on any atom is -0.361 e. The van der Waals surface area contributed by atoms with Crippen molar-refractivity contribution in [3.05, 3.63) is 36.0 Å². The average Bonchev–Trinajstić information content (AvgIpc) is 3.09. The van der Waals surface area contributed by atoms with E-state index in [9.17, 15) is 0 Å². The number of aromatic amines is 1. The Kier molecular flexibility index (Phi) is 7.16. The van der Waals surface area contributed by atoms with Crippen LogP contribution in [0.1, 0.15) is 39.2 Å². The number of para-hydroxylation sites is 1. The predicted molar refractivity (Wildman–Crippen MR) is 115 cm³/mol. The minimum absolute atomic E-state index is 0.638. The van der Waals surface area contributed by atoms with Gasteiger partial charge in [-0.3, -0.25) is 4.99 Å². The summed E-state index contributed by atoms with van der Waals surface area (Å²) in [6, 6.07) is 9.12. The highest BCUT2D eigenvalue weighted by Crippen LogP contribution is 2.19. The normalized spacial score (nSPS) is 19.0. The molecule has 1 aliphatic heterocycles. The zero-order valence-corrected chi connectivity index (χ0v) is 17.1. The van der Waals surface area contributed by atoms with E-state index in [-0.39, 0.29) is 0 Å². The van der Waals surface area contributed by atoms with Gasteiger partial charge in [-0.05, 0) is 64.1 Å². The Morgan fingerprint density at radius 2 is 2.15 bits per heavy atom. The van der Waals surface area contributed by atoms with E-state index in [1.54, 1.807) is 0 Å². The fourth-order valence-electron chi connectivity index (χ4n) is 3.93. The molecule has 0 bridgehead atoms. The molecule has 3 rings (SSSR count). The van der Waals surface area contributed by atoms with Crippen molar-refractivity contribution < 1.29 is 0 Å². The van der Waals surface area contributed by atoms with E-state index >= 15 is 0 Å². The largest absolute Gasteiger partial charge is 0.361 e. The molecule has 1 saturated heterocycles. The van der Waals surface area contributed by atoms with Crippen LogP contribution in [-0.2, 0) is 6.42 Å². The number of guanidine groups is 1. The van der Waals surface area contributed by atoms with Crippen LogP contribution in [0.5, 0.6) is 0 Å². The van der Waals surface area contributed by atoms with Crippen molar-refractivity contribution >= 4 is 16.9 Å². The number of hydrogen-bond acceptors (Lipinski definition) is 2. The lowest BCUT2D eigenvalue weighted by Crippen LogP contribution is -2.42. The van der Waals surface area contributed by atoms with Crippen molar-refractivity contribution in [1.82, 2.24) is 20.5 Å². The summed E-state index contributed by atoms with van der Waals surface area (Å²) in [5.41, 5.74) is 2.56. The average molecular weight is 370 g/mol. The van der Waals surface area contributed by atoms with E-state index in [1.165, 1.54) is 42.4 Å². The summed E-state index contributed by atoms with van der Waals surface area (Å²) in [5, 5.41) is 8.22. The Morgan fingerprint density at radius 1 is 1.30 bits per heavy atom. The zero-order valence-electron chi connectivity index (χ0n) is 17.1. The summed E-state index contributed by atoms with van der Waals surface area (Å²) >= 11 is 0. The second-order valence-corrected chi connectivity index (χ2v) is 7.85. The van der Waals surface area contributed by atoms with Crippen molar-refractivity contribution in [2.45, 2.75) is 46.1 Å². The van der Waals surface area contributed by atoms with Gasteiger partial charge in [0.1, 0.15) is 0 Å². The molecule has 1 atom stereocenters. The molecule has 3 N–H and O–H groups in total. The van der Waals surface area contributed by atoms with Crippen LogP contribution in [-0.4, -0.2) is 54.6 Å². The third-order valence-corrected chi connectivity index (χ3v) is 5.49. The molecule has 27 heavy (non-hydrogen) atoms. The molecule has 148 valence electrons.